The van der Waals surface area contributed by atoms with Crippen molar-refractivity contribution in [2.24, 2.45) is 0 Å². The molecule has 1 saturated heterocycles. The maximum atomic E-state index is 12.6. The van der Waals surface area contributed by atoms with E-state index in [9.17, 15) is 35.0 Å². The van der Waals surface area contributed by atoms with Gasteiger partial charge in [-0.05, 0) is 24.6 Å². The third kappa shape index (κ3) is 4.39. The minimum absolute atomic E-state index is 0.124. The number of aliphatic hydroxyl groups excluding tert-OH is 3. The summed E-state index contributed by atoms with van der Waals surface area (Å²) < 4.78 is 11.4. The fourth-order valence-electron chi connectivity index (χ4n) is 3.09. The van der Waals surface area contributed by atoms with E-state index >= 15 is 0 Å². The van der Waals surface area contributed by atoms with Crippen molar-refractivity contribution in [2.45, 2.75) is 37.6 Å². The predicted octanol–water partition coefficient (Wildman–Crippen LogP) is -0.737. The average Bonchev–Trinajstić information content (AvgIpc) is 3.02. The van der Waals surface area contributed by atoms with E-state index in [4.69, 9.17) is 15.2 Å². The van der Waals surface area contributed by atoms with Crippen LogP contribution in [0.3, 0.4) is 0 Å². The van der Waals surface area contributed by atoms with Gasteiger partial charge in [0.25, 0.3) is 5.69 Å². The van der Waals surface area contributed by atoms with Gasteiger partial charge in [-0.25, -0.2) is 9.59 Å². The van der Waals surface area contributed by atoms with Crippen LogP contribution in [-0.4, -0.2) is 60.7 Å². The summed E-state index contributed by atoms with van der Waals surface area (Å²) in [5.74, 6) is -1.37. The molecule has 13 heteroatoms. The van der Waals surface area contributed by atoms with E-state index in [2.05, 4.69) is 4.98 Å². The minimum atomic E-state index is -1.57. The molecule has 1 aliphatic heterocycles. The highest BCUT2D eigenvalue weighted by Crippen LogP contribution is 2.29. The third-order valence-corrected chi connectivity index (χ3v) is 4.85. The van der Waals surface area contributed by atoms with E-state index in [0.717, 1.165) is 10.8 Å². The molecule has 1 aliphatic rings. The highest BCUT2D eigenvalue weighted by molar-refractivity contribution is 5.93. The molecule has 1 aromatic carbocycles. The van der Waals surface area contributed by atoms with E-state index in [1.165, 1.54) is 31.2 Å². The van der Waals surface area contributed by atoms with E-state index in [1.54, 1.807) is 0 Å². The quantitative estimate of drug-likeness (QED) is 0.252. The lowest BCUT2D eigenvalue weighted by Gasteiger charge is -2.19. The zero-order chi connectivity index (χ0) is 22.9. The van der Waals surface area contributed by atoms with E-state index in [0.29, 0.717) is 5.56 Å². The maximum Gasteiger partial charge on any atom is 0.351 e. The van der Waals surface area contributed by atoms with Crippen LogP contribution in [0.2, 0.25) is 0 Å². The highest BCUT2D eigenvalue weighted by Gasteiger charge is 2.44. The second-order valence-electron chi connectivity index (χ2n) is 6.85. The number of nitro groups is 1. The molecule has 0 amide bonds. The first-order chi connectivity index (χ1) is 14.6. The Morgan fingerprint density at radius 2 is 2.00 bits per heavy atom. The molecule has 166 valence electrons. The van der Waals surface area contributed by atoms with Gasteiger partial charge in [-0.3, -0.25) is 14.7 Å². The van der Waals surface area contributed by atoms with E-state index in [1.807, 2.05) is 0 Å². The molecule has 1 aromatic heterocycles. The molecule has 1 unspecified atom stereocenters. The summed E-state index contributed by atoms with van der Waals surface area (Å²) in [6.45, 7) is 0.929. The predicted molar refractivity (Wildman–Crippen MR) is 103 cm³/mol. The Balaban J connectivity index is 1.84. The number of hydrogen-bond donors (Lipinski definition) is 4. The fourth-order valence-corrected chi connectivity index (χ4v) is 3.09. The summed E-state index contributed by atoms with van der Waals surface area (Å²) in [5, 5.41) is 40.0. The van der Waals surface area contributed by atoms with Crippen molar-refractivity contribution in [2.75, 3.05) is 12.3 Å². The van der Waals surface area contributed by atoms with Gasteiger partial charge in [-0.2, -0.15) is 4.98 Å². The summed E-state index contributed by atoms with van der Waals surface area (Å²) in [6, 6.07) is 5.38. The van der Waals surface area contributed by atoms with Crippen LogP contribution in [0.5, 0.6) is 0 Å². The molecule has 0 aliphatic carbocycles. The van der Waals surface area contributed by atoms with Crippen molar-refractivity contribution in [3.63, 3.8) is 0 Å². The van der Waals surface area contributed by atoms with Gasteiger partial charge in [0.05, 0.1) is 11.5 Å². The highest BCUT2D eigenvalue weighted by atomic mass is 16.6. The number of rotatable bonds is 6. The number of aliphatic hydroxyl groups is 3. The standard InChI is InChI=1S/C18H20N4O9/c1-8(9-2-4-10(5-3-9)22(28)29)30-17(26)11-6-21(18(27)20-15(11)19)16-14(25)13(24)12(7-23)31-16/h2-6,8,12-14,16,23-25H,7H2,1H3,(H2,19,20,27)/t8?,12-,13-,14+,16-/m1/s1. The van der Waals surface area contributed by atoms with Crippen molar-refractivity contribution in [1.82, 2.24) is 9.55 Å². The van der Waals surface area contributed by atoms with Crippen molar-refractivity contribution in [3.05, 3.63) is 62.2 Å². The number of carbonyl (C=O) groups is 1. The Kier molecular flexibility index (Phi) is 6.31. The van der Waals surface area contributed by atoms with Crippen molar-refractivity contribution in [3.8, 4) is 0 Å². The number of nitro benzene ring substituents is 1. The van der Waals surface area contributed by atoms with E-state index < -0.39 is 59.7 Å². The number of anilines is 1. The minimum Gasteiger partial charge on any atom is -0.454 e. The number of non-ortho nitro benzene ring substituents is 1. The van der Waals surface area contributed by atoms with Crippen LogP contribution in [0.1, 0.15) is 35.2 Å². The molecule has 5 N–H and O–H groups in total. The van der Waals surface area contributed by atoms with Crippen LogP contribution in [0, 0.1) is 10.1 Å². The molecular formula is C18H20N4O9. The summed E-state index contributed by atoms with van der Waals surface area (Å²) in [5.41, 5.74) is 4.78. The van der Waals surface area contributed by atoms with Gasteiger partial charge in [0.15, 0.2) is 6.23 Å². The normalized spacial score (nSPS) is 24.0. The number of hydrogen-bond acceptors (Lipinski definition) is 11. The SMILES string of the molecule is CC(OC(=O)c1cn([C@@H]2O[C@H](CO)[C@@H](O)[C@@H]2O)c(=O)nc1N)c1ccc([N+](=O)[O-])cc1. The molecule has 0 bridgehead atoms. The molecular weight excluding hydrogens is 416 g/mol. The van der Waals surface area contributed by atoms with Gasteiger partial charge >= 0.3 is 11.7 Å². The maximum absolute atomic E-state index is 12.6. The van der Waals surface area contributed by atoms with Gasteiger partial charge in [0.2, 0.25) is 0 Å². The molecule has 3 rings (SSSR count). The molecule has 2 aromatic rings. The Bertz CT molecular complexity index is 1040. The molecule has 13 nitrogen and oxygen atoms in total. The number of nitrogens with zero attached hydrogens (tertiary/aromatic N) is 3. The average molecular weight is 436 g/mol. The van der Waals surface area contributed by atoms with Gasteiger partial charge in [0.1, 0.15) is 35.8 Å². The van der Waals surface area contributed by atoms with Gasteiger partial charge in [-0.1, -0.05) is 0 Å². The molecule has 5 atom stereocenters. The summed E-state index contributed by atoms with van der Waals surface area (Å²) >= 11 is 0. The summed E-state index contributed by atoms with van der Waals surface area (Å²) in [6.07, 6.45) is -5.41. The molecule has 31 heavy (non-hydrogen) atoms. The summed E-state index contributed by atoms with van der Waals surface area (Å²) in [4.78, 5) is 38.5. The number of benzene rings is 1. The van der Waals surface area contributed by atoms with Crippen molar-refractivity contribution >= 4 is 17.5 Å². The van der Waals surface area contributed by atoms with Gasteiger partial charge < -0.3 is 30.5 Å². The Labute approximate surface area is 174 Å². The Morgan fingerprint density at radius 1 is 1.35 bits per heavy atom. The first kappa shape index (κ1) is 22.3. The van der Waals surface area contributed by atoms with E-state index in [-0.39, 0.29) is 11.3 Å². The molecule has 0 radical (unpaired) electrons. The van der Waals surface area contributed by atoms with Crippen LogP contribution in [0.25, 0.3) is 0 Å². The van der Waals surface area contributed by atoms with Crippen LogP contribution >= 0.6 is 0 Å². The zero-order valence-electron chi connectivity index (χ0n) is 16.2. The lowest BCUT2D eigenvalue weighted by molar-refractivity contribution is -0.384. The molecule has 1 fully saturated rings. The second kappa shape index (κ2) is 8.77. The lowest BCUT2D eigenvalue weighted by atomic mass is 10.1. The van der Waals surface area contributed by atoms with Gasteiger partial charge in [-0.15, -0.1) is 0 Å². The molecule has 0 spiro atoms. The van der Waals surface area contributed by atoms with Gasteiger partial charge in [0, 0.05) is 18.3 Å². The number of nitrogens with two attached hydrogens (primary N) is 1. The Morgan fingerprint density at radius 3 is 2.55 bits per heavy atom. The zero-order valence-corrected chi connectivity index (χ0v) is 16.2. The number of nitrogen functional groups attached to an aromatic ring is 1. The number of carbonyl (C=O) groups excluding carboxylic acids is 1. The Hall–Kier alpha value is -3.39. The first-order valence-corrected chi connectivity index (χ1v) is 9.10. The molecule has 0 saturated carbocycles. The first-order valence-electron chi connectivity index (χ1n) is 9.10. The number of ether oxygens (including phenoxy) is 2. The largest absolute Gasteiger partial charge is 0.454 e. The number of aromatic nitrogens is 2. The van der Waals surface area contributed by atoms with Crippen LogP contribution in [0.15, 0.2) is 35.3 Å². The monoisotopic (exact) mass is 436 g/mol. The van der Waals surface area contributed by atoms with Crippen molar-refractivity contribution < 1.29 is 34.5 Å². The van der Waals surface area contributed by atoms with Crippen LogP contribution in [-0.2, 0) is 9.47 Å². The van der Waals surface area contributed by atoms with Crippen LogP contribution in [0.4, 0.5) is 11.5 Å². The lowest BCUT2D eigenvalue weighted by Crippen LogP contribution is -2.36. The molecule has 2 heterocycles. The number of esters is 1. The summed E-state index contributed by atoms with van der Waals surface area (Å²) in [7, 11) is 0. The van der Waals surface area contributed by atoms with Crippen LogP contribution < -0.4 is 11.4 Å². The smallest absolute Gasteiger partial charge is 0.351 e. The van der Waals surface area contributed by atoms with Crippen molar-refractivity contribution in [1.29, 1.82) is 0 Å². The second-order valence-corrected chi connectivity index (χ2v) is 6.85. The topological polar surface area (TPSA) is 200 Å². The third-order valence-electron chi connectivity index (χ3n) is 4.85. The fraction of sp³-hybridized carbons (Fsp3) is 0.389.